The zero-order valence-corrected chi connectivity index (χ0v) is 25.8. The SMILES string of the molecule is CN1CCN(C(=O)Nc2ccc(CC(NC(=O)C3CCCN(c4ncnc(NCC5CCNCC5)c4F)C3)C(=O)O)cc2)CC1. The monoisotopic (exact) mass is 625 g/mol. The van der Waals surface area contributed by atoms with Crippen molar-refractivity contribution in [2.75, 3.05) is 81.5 Å². The second kappa shape index (κ2) is 15.3. The van der Waals surface area contributed by atoms with Gasteiger partial charge in [0, 0.05) is 57.9 Å². The van der Waals surface area contributed by atoms with Crippen LogP contribution >= 0.6 is 0 Å². The van der Waals surface area contributed by atoms with Crippen molar-refractivity contribution in [1.82, 2.24) is 30.4 Å². The van der Waals surface area contributed by atoms with Crippen LogP contribution in [0.4, 0.5) is 26.5 Å². The van der Waals surface area contributed by atoms with Gasteiger partial charge >= 0.3 is 12.0 Å². The number of piperidine rings is 2. The first-order chi connectivity index (χ1) is 21.8. The van der Waals surface area contributed by atoms with E-state index in [1.54, 1.807) is 34.1 Å². The smallest absolute Gasteiger partial charge is 0.326 e. The van der Waals surface area contributed by atoms with Crippen molar-refractivity contribution in [2.24, 2.45) is 11.8 Å². The number of carboxylic acid groups (broad SMARTS) is 1. The Morgan fingerprint density at radius 2 is 1.78 bits per heavy atom. The van der Waals surface area contributed by atoms with Crippen LogP contribution in [-0.2, 0) is 16.0 Å². The number of urea groups is 1. The van der Waals surface area contributed by atoms with Gasteiger partial charge in [0.2, 0.25) is 11.7 Å². The molecule has 4 heterocycles. The van der Waals surface area contributed by atoms with Crippen molar-refractivity contribution in [3.63, 3.8) is 0 Å². The summed E-state index contributed by atoms with van der Waals surface area (Å²) in [5.41, 5.74) is 1.32. The van der Waals surface area contributed by atoms with Crippen molar-refractivity contribution in [3.8, 4) is 0 Å². The molecular formula is C31H44FN9O4. The number of likely N-dealkylation sites (N-methyl/N-ethyl adjacent to an activating group) is 1. The lowest BCUT2D eigenvalue weighted by atomic mass is 9.96. The summed E-state index contributed by atoms with van der Waals surface area (Å²) in [5, 5.41) is 21.9. The summed E-state index contributed by atoms with van der Waals surface area (Å²) in [7, 11) is 2.02. The van der Waals surface area contributed by atoms with E-state index in [-0.39, 0.29) is 36.5 Å². The number of anilines is 3. The minimum atomic E-state index is -1.14. The molecule has 14 heteroatoms. The molecule has 3 aliphatic rings. The number of carboxylic acids is 1. The van der Waals surface area contributed by atoms with Gasteiger partial charge in [-0.3, -0.25) is 4.79 Å². The van der Waals surface area contributed by atoms with E-state index in [2.05, 4.69) is 36.1 Å². The molecular weight excluding hydrogens is 581 g/mol. The van der Waals surface area contributed by atoms with Crippen molar-refractivity contribution in [1.29, 1.82) is 0 Å². The van der Waals surface area contributed by atoms with Crippen LogP contribution in [-0.4, -0.2) is 115 Å². The first-order valence-corrected chi connectivity index (χ1v) is 15.8. The Hall–Kier alpha value is -4.04. The molecule has 0 spiro atoms. The summed E-state index contributed by atoms with van der Waals surface area (Å²) in [5.74, 6) is -1.85. The number of halogens is 1. The predicted molar refractivity (Wildman–Crippen MR) is 169 cm³/mol. The molecule has 13 nitrogen and oxygen atoms in total. The number of piperazine rings is 1. The lowest BCUT2D eigenvalue weighted by Gasteiger charge is -2.33. The maximum Gasteiger partial charge on any atom is 0.326 e. The molecule has 3 saturated heterocycles. The zero-order valence-electron chi connectivity index (χ0n) is 25.8. The van der Waals surface area contributed by atoms with Gasteiger partial charge < -0.3 is 41.1 Å². The third-order valence-corrected chi connectivity index (χ3v) is 8.93. The molecule has 0 bridgehead atoms. The van der Waals surface area contributed by atoms with E-state index in [1.807, 2.05) is 7.05 Å². The minimum absolute atomic E-state index is 0.0802. The van der Waals surface area contributed by atoms with Crippen molar-refractivity contribution in [3.05, 3.63) is 42.0 Å². The second-order valence-corrected chi connectivity index (χ2v) is 12.2. The molecule has 3 amide bonds. The van der Waals surface area contributed by atoms with E-state index in [0.717, 1.165) is 39.0 Å². The van der Waals surface area contributed by atoms with Crippen LogP contribution in [0.3, 0.4) is 0 Å². The highest BCUT2D eigenvalue weighted by Gasteiger charge is 2.31. The van der Waals surface area contributed by atoms with E-state index in [0.29, 0.717) is 56.2 Å². The average molecular weight is 626 g/mol. The van der Waals surface area contributed by atoms with Crippen LogP contribution in [0, 0.1) is 17.7 Å². The number of nitrogens with zero attached hydrogens (tertiary/aromatic N) is 5. The molecule has 5 rings (SSSR count). The molecule has 3 fully saturated rings. The predicted octanol–water partition coefficient (Wildman–Crippen LogP) is 1.84. The Kier molecular flexibility index (Phi) is 11.0. The number of hydrogen-bond donors (Lipinski definition) is 5. The van der Waals surface area contributed by atoms with E-state index in [1.165, 1.54) is 6.33 Å². The topological polar surface area (TPSA) is 155 Å². The van der Waals surface area contributed by atoms with Crippen molar-refractivity contribution >= 4 is 35.2 Å². The van der Waals surface area contributed by atoms with Crippen LogP contribution in [0.2, 0.25) is 0 Å². The van der Waals surface area contributed by atoms with Gasteiger partial charge in [-0.05, 0) is 69.4 Å². The Morgan fingerprint density at radius 1 is 1.04 bits per heavy atom. The quantitative estimate of drug-likeness (QED) is 0.264. The third-order valence-electron chi connectivity index (χ3n) is 8.93. The van der Waals surface area contributed by atoms with Gasteiger partial charge in [0.15, 0.2) is 11.6 Å². The zero-order chi connectivity index (χ0) is 31.8. The normalized spacial score (nSPS) is 20.4. The maximum absolute atomic E-state index is 15.5. The summed E-state index contributed by atoms with van der Waals surface area (Å²) in [6.07, 6.45) is 4.65. The highest BCUT2D eigenvalue weighted by Crippen LogP contribution is 2.27. The largest absolute Gasteiger partial charge is 0.480 e. The molecule has 1 aromatic heterocycles. The lowest BCUT2D eigenvalue weighted by Crippen LogP contribution is -2.49. The molecule has 1 aromatic carbocycles. The molecule has 5 N–H and O–H groups in total. The van der Waals surface area contributed by atoms with Crippen LogP contribution in [0.15, 0.2) is 30.6 Å². The summed E-state index contributed by atoms with van der Waals surface area (Å²) in [6.45, 7) is 6.25. The van der Waals surface area contributed by atoms with Gasteiger partial charge in [0.05, 0.1) is 5.92 Å². The van der Waals surface area contributed by atoms with Crippen LogP contribution < -0.4 is 26.2 Å². The number of carbonyl (C=O) groups excluding carboxylic acids is 2. The number of benzene rings is 1. The highest BCUT2D eigenvalue weighted by atomic mass is 19.1. The lowest BCUT2D eigenvalue weighted by molar-refractivity contribution is -0.142. The minimum Gasteiger partial charge on any atom is -0.480 e. The fraction of sp³-hybridized carbons (Fsp3) is 0.581. The average Bonchev–Trinajstić information content (AvgIpc) is 3.05. The van der Waals surface area contributed by atoms with Gasteiger partial charge in [0.25, 0.3) is 0 Å². The number of aromatic nitrogens is 2. The second-order valence-electron chi connectivity index (χ2n) is 12.2. The van der Waals surface area contributed by atoms with Gasteiger partial charge in [-0.25, -0.2) is 19.6 Å². The van der Waals surface area contributed by atoms with E-state index >= 15 is 4.39 Å². The standard InChI is InChI=1S/C31H44FN9O4/c1-39-13-15-40(16-14-39)31(45)37-24-6-4-21(5-7-24)17-25(30(43)44)38-29(42)23-3-2-12-41(19-23)28-26(32)27(35-20-36-28)34-18-22-8-10-33-11-9-22/h4-7,20,22-23,25,33H,2-3,8-19H2,1H3,(H,37,45)(H,38,42)(H,43,44)(H,34,35,36). The summed E-state index contributed by atoms with van der Waals surface area (Å²) >= 11 is 0. The molecule has 3 aliphatic heterocycles. The molecule has 45 heavy (non-hydrogen) atoms. The molecule has 244 valence electrons. The van der Waals surface area contributed by atoms with Gasteiger partial charge in [-0.15, -0.1) is 0 Å². The number of rotatable bonds is 10. The van der Waals surface area contributed by atoms with Gasteiger partial charge in [-0.2, -0.15) is 4.39 Å². The van der Waals surface area contributed by atoms with E-state index in [4.69, 9.17) is 0 Å². The molecule has 0 radical (unpaired) electrons. The van der Waals surface area contributed by atoms with E-state index < -0.39 is 23.7 Å². The van der Waals surface area contributed by atoms with Crippen LogP contribution in [0.1, 0.15) is 31.2 Å². The maximum atomic E-state index is 15.5. The van der Waals surface area contributed by atoms with Crippen LogP contribution in [0.25, 0.3) is 0 Å². The molecule has 2 aromatic rings. The highest BCUT2D eigenvalue weighted by molar-refractivity contribution is 5.89. The Labute approximate surface area is 262 Å². The van der Waals surface area contributed by atoms with Gasteiger partial charge in [0.1, 0.15) is 12.4 Å². The Morgan fingerprint density at radius 3 is 2.49 bits per heavy atom. The molecule has 2 unspecified atom stereocenters. The number of aliphatic carboxylic acids is 1. The van der Waals surface area contributed by atoms with Gasteiger partial charge in [-0.1, -0.05) is 12.1 Å². The number of hydrogen-bond acceptors (Lipinski definition) is 9. The third kappa shape index (κ3) is 8.78. The number of amides is 3. The number of nitrogens with one attached hydrogen (secondary N) is 4. The van der Waals surface area contributed by atoms with Crippen molar-refractivity contribution < 1.29 is 23.9 Å². The molecule has 0 saturated carbocycles. The molecule has 0 aliphatic carbocycles. The summed E-state index contributed by atoms with van der Waals surface area (Å²) in [4.78, 5) is 51.9. The summed E-state index contributed by atoms with van der Waals surface area (Å²) < 4.78 is 15.5. The summed E-state index contributed by atoms with van der Waals surface area (Å²) in [6, 6.07) is 5.65. The fourth-order valence-corrected chi connectivity index (χ4v) is 6.08. The molecule has 2 atom stereocenters. The number of carbonyl (C=O) groups is 3. The van der Waals surface area contributed by atoms with E-state index in [9.17, 15) is 19.5 Å². The van der Waals surface area contributed by atoms with Crippen LogP contribution in [0.5, 0.6) is 0 Å². The first-order valence-electron chi connectivity index (χ1n) is 15.8. The Bertz CT molecular complexity index is 1320. The first kappa shape index (κ1) is 32.4. The fourth-order valence-electron chi connectivity index (χ4n) is 6.08. The Balaban J connectivity index is 1.14. The van der Waals surface area contributed by atoms with Crippen molar-refractivity contribution in [2.45, 2.75) is 38.1 Å².